The Labute approximate surface area is 183 Å². The van der Waals surface area contributed by atoms with E-state index in [2.05, 4.69) is 27.8 Å². The number of carbonyl (C=O) groups excluding carboxylic acids is 1. The van der Waals surface area contributed by atoms with Crippen molar-refractivity contribution in [2.24, 2.45) is 0 Å². The number of amides is 1. The normalized spacial score (nSPS) is 10.7. The number of thiophene rings is 1. The van der Waals surface area contributed by atoms with Crippen molar-refractivity contribution in [3.05, 3.63) is 108 Å². The molecular formula is C26H18N2O2S. The Bertz CT molecular complexity index is 1350. The molecule has 1 N–H and O–H groups in total. The average Bonchev–Trinajstić information content (AvgIpc) is 3.25. The van der Waals surface area contributed by atoms with Gasteiger partial charge in [-0.25, -0.2) is 4.98 Å². The summed E-state index contributed by atoms with van der Waals surface area (Å²) in [5, 5.41) is 6.13. The Morgan fingerprint density at radius 3 is 2.35 bits per heavy atom. The number of para-hydroxylation sites is 1. The van der Waals surface area contributed by atoms with E-state index in [0.29, 0.717) is 17.1 Å². The molecule has 5 heteroatoms. The van der Waals surface area contributed by atoms with E-state index < -0.39 is 0 Å². The minimum absolute atomic E-state index is 0.252. The first-order valence-corrected chi connectivity index (χ1v) is 10.7. The fourth-order valence-electron chi connectivity index (χ4n) is 3.31. The second kappa shape index (κ2) is 8.42. The largest absolute Gasteiger partial charge is 0.457 e. The SMILES string of the molecule is O=C(Nc1ccc(Oc2ccccc2)cc1)c1cccc(-c2csc3ccccc23)n1. The number of rotatable bonds is 5. The third kappa shape index (κ3) is 4.17. The predicted molar refractivity (Wildman–Crippen MR) is 126 cm³/mol. The van der Waals surface area contributed by atoms with E-state index in [1.807, 2.05) is 78.9 Å². The van der Waals surface area contributed by atoms with Crippen molar-refractivity contribution < 1.29 is 9.53 Å². The van der Waals surface area contributed by atoms with Gasteiger partial charge in [0.15, 0.2) is 0 Å². The third-order valence-electron chi connectivity index (χ3n) is 4.83. The highest BCUT2D eigenvalue weighted by molar-refractivity contribution is 7.17. The molecule has 2 aromatic heterocycles. The second-order valence-corrected chi connectivity index (χ2v) is 7.86. The summed E-state index contributed by atoms with van der Waals surface area (Å²) in [6, 6.07) is 30.6. The van der Waals surface area contributed by atoms with Crippen LogP contribution in [0.3, 0.4) is 0 Å². The lowest BCUT2D eigenvalue weighted by Gasteiger charge is -2.08. The highest BCUT2D eigenvalue weighted by Crippen LogP contribution is 2.32. The van der Waals surface area contributed by atoms with Crippen LogP contribution >= 0.6 is 11.3 Å². The first kappa shape index (κ1) is 19.0. The van der Waals surface area contributed by atoms with Gasteiger partial charge in [-0.1, -0.05) is 42.5 Å². The lowest BCUT2D eigenvalue weighted by molar-refractivity contribution is 0.102. The topological polar surface area (TPSA) is 51.2 Å². The summed E-state index contributed by atoms with van der Waals surface area (Å²) < 4.78 is 6.99. The molecule has 0 spiro atoms. The number of benzene rings is 3. The number of nitrogens with zero attached hydrogens (tertiary/aromatic N) is 1. The molecule has 0 bridgehead atoms. The van der Waals surface area contributed by atoms with E-state index in [-0.39, 0.29) is 5.91 Å². The third-order valence-corrected chi connectivity index (χ3v) is 5.79. The van der Waals surface area contributed by atoms with Crippen LogP contribution in [0.5, 0.6) is 11.5 Å². The molecule has 0 atom stereocenters. The number of carbonyl (C=O) groups is 1. The molecule has 0 aliphatic heterocycles. The Morgan fingerprint density at radius 2 is 1.52 bits per heavy atom. The molecule has 0 aliphatic rings. The lowest BCUT2D eigenvalue weighted by atomic mass is 10.1. The lowest BCUT2D eigenvalue weighted by Crippen LogP contribution is -2.13. The van der Waals surface area contributed by atoms with Crippen molar-refractivity contribution in [2.75, 3.05) is 5.32 Å². The van der Waals surface area contributed by atoms with Crippen LogP contribution in [0, 0.1) is 0 Å². The highest BCUT2D eigenvalue weighted by Gasteiger charge is 2.12. The minimum atomic E-state index is -0.252. The smallest absolute Gasteiger partial charge is 0.274 e. The van der Waals surface area contributed by atoms with Gasteiger partial charge in [0.1, 0.15) is 17.2 Å². The molecule has 0 aliphatic carbocycles. The summed E-state index contributed by atoms with van der Waals surface area (Å²) in [4.78, 5) is 17.4. The standard InChI is InChI=1S/C26H18N2O2S/c29-26(27-18-13-15-20(16-14-18)30-19-7-2-1-3-8-19)24-11-6-10-23(28-24)22-17-31-25-12-5-4-9-21(22)25/h1-17H,(H,27,29). The van der Waals surface area contributed by atoms with E-state index in [1.165, 1.54) is 4.70 Å². The maximum atomic E-state index is 12.8. The van der Waals surface area contributed by atoms with Crippen molar-refractivity contribution in [3.8, 4) is 22.8 Å². The number of hydrogen-bond donors (Lipinski definition) is 1. The molecule has 2 heterocycles. The van der Waals surface area contributed by atoms with Gasteiger partial charge in [-0.3, -0.25) is 4.79 Å². The van der Waals surface area contributed by atoms with Gasteiger partial charge in [0, 0.05) is 26.7 Å². The van der Waals surface area contributed by atoms with Gasteiger partial charge in [0.2, 0.25) is 0 Å². The number of pyridine rings is 1. The molecule has 4 nitrogen and oxygen atoms in total. The predicted octanol–water partition coefficient (Wildman–Crippen LogP) is 7.01. The Kier molecular flexibility index (Phi) is 5.17. The van der Waals surface area contributed by atoms with Crippen LogP contribution in [-0.2, 0) is 0 Å². The summed E-state index contributed by atoms with van der Waals surface area (Å²) in [6.07, 6.45) is 0. The molecule has 0 fully saturated rings. The van der Waals surface area contributed by atoms with Crippen molar-refractivity contribution in [2.45, 2.75) is 0 Å². The number of aromatic nitrogens is 1. The molecule has 1 amide bonds. The first-order valence-electron chi connectivity index (χ1n) is 9.84. The zero-order valence-electron chi connectivity index (χ0n) is 16.5. The van der Waals surface area contributed by atoms with Gasteiger partial charge in [-0.05, 0) is 54.6 Å². The quantitative estimate of drug-likeness (QED) is 0.331. The van der Waals surface area contributed by atoms with E-state index in [0.717, 1.165) is 22.4 Å². The van der Waals surface area contributed by atoms with Crippen LogP contribution in [0.15, 0.2) is 102 Å². The maximum Gasteiger partial charge on any atom is 0.274 e. The molecule has 5 aromatic rings. The Balaban J connectivity index is 1.32. The molecule has 0 saturated heterocycles. The Hall–Kier alpha value is -3.96. The summed E-state index contributed by atoms with van der Waals surface area (Å²) in [6.45, 7) is 0. The van der Waals surface area contributed by atoms with Gasteiger partial charge in [0.05, 0.1) is 5.69 Å². The molecule has 0 radical (unpaired) electrons. The number of fused-ring (bicyclic) bond motifs is 1. The van der Waals surface area contributed by atoms with Gasteiger partial charge >= 0.3 is 0 Å². The summed E-state index contributed by atoms with van der Waals surface area (Å²) in [5.41, 5.74) is 2.88. The van der Waals surface area contributed by atoms with Gasteiger partial charge in [-0.15, -0.1) is 11.3 Å². The molecule has 150 valence electrons. The second-order valence-electron chi connectivity index (χ2n) is 6.95. The summed E-state index contributed by atoms with van der Waals surface area (Å²) in [7, 11) is 0. The molecule has 5 rings (SSSR count). The zero-order chi connectivity index (χ0) is 21.0. The monoisotopic (exact) mass is 422 g/mol. The number of nitrogens with one attached hydrogen (secondary N) is 1. The number of hydrogen-bond acceptors (Lipinski definition) is 4. The first-order chi connectivity index (χ1) is 15.3. The van der Waals surface area contributed by atoms with Crippen LogP contribution in [0.1, 0.15) is 10.5 Å². The van der Waals surface area contributed by atoms with E-state index in [4.69, 9.17) is 4.74 Å². The fraction of sp³-hybridized carbons (Fsp3) is 0. The summed E-state index contributed by atoms with van der Waals surface area (Å²) in [5.74, 6) is 1.22. The molecular weight excluding hydrogens is 404 g/mol. The summed E-state index contributed by atoms with van der Waals surface area (Å²) >= 11 is 1.68. The van der Waals surface area contributed by atoms with Crippen LogP contribution in [-0.4, -0.2) is 10.9 Å². The van der Waals surface area contributed by atoms with Crippen LogP contribution in [0.2, 0.25) is 0 Å². The number of ether oxygens (including phenoxy) is 1. The molecule has 31 heavy (non-hydrogen) atoms. The maximum absolute atomic E-state index is 12.8. The molecule has 0 saturated carbocycles. The van der Waals surface area contributed by atoms with E-state index in [1.54, 1.807) is 17.4 Å². The molecule has 0 unspecified atom stereocenters. The van der Waals surface area contributed by atoms with Crippen molar-refractivity contribution in [1.29, 1.82) is 0 Å². The van der Waals surface area contributed by atoms with Gasteiger partial charge < -0.3 is 10.1 Å². The van der Waals surface area contributed by atoms with Crippen LogP contribution in [0.25, 0.3) is 21.3 Å². The zero-order valence-corrected chi connectivity index (χ0v) is 17.3. The van der Waals surface area contributed by atoms with Gasteiger partial charge in [-0.2, -0.15) is 0 Å². The van der Waals surface area contributed by atoms with Crippen molar-refractivity contribution in [1.82, 2.24) is 4.98 Å². The molecule has 3 aromatic carbocycles. The number of anilines is 1. The van der Waals surface area contributed by atoms with E-state index in [9.17, 15) is 4.79 Å². The van der Waals surface area contributed by atoms with E-state index >= 15 is 0 Å². The van der Waals surface area contributed by atoms with Crippen molar-refractivity contribution in [3.63, 3.8) is 0 Å². The Morgan fingerprint density at radius 1 is 0.774 bits per heavy atom. The van der Waals surface area contributed by atoms with Gasteiger partial charge in [0.25, 0.3) is 5.91 Å². The average molecular weight is 423 g/mol. The van der Waals surface area contributed by atoms with Crippen LogP contribution in [0.4, 0.5) is 5.69 Å². The minimum Gasteiger partial charge on any atom is -0.457 e. The highest BCUT2D eigenvalue weighted by atomic mass is 32.1. The van der Waals surface area contributed by atoms with Crippen LogP contribution < -0.4 is 10.1 Å². The fourth-order valence-corrected chi connectivity index (χ4v) is 4.27. The van der Waals surface area contributed by atoms with Crippen molar-refractivity contribution >= 4 is 33.0 Å².